The molecular formula is C16H14BrClN2O3. The number of carbonyl (C=O) groups is 2. The van der Waals surface area contributed by atoms with Crippen LogP contribution in [0.3, 0.4) is 0 Å². The van der Waals surface area contributed by atoms with Gasteiger partial charge in [-0.1, -0.05) is 27.5 Å². The highest BCUT2D eigenvalue weighted by Crippen LogP contribution is 2.21. The van der Waals surface area contributed by atoms with Crippen molar-refractivity contribution in [1.29, 1.82) is 0 Å². The molecule has 0 atom stereocenters. The Balaban J connectivity index is 1.64. The van der Waals surface area contributed by atoms with E-state index in [1.54, 1.807) is 40.1 Å². The third-order valence-electron chi connectivity index (χ3n) is 3.70. The summed E-state index contributed by atoms with van der Waals surface area (Å²) in [6.45, 7) is 1.92. The predicted octanol–water partition coefficient (Wildman–Crippen LogP) is 3.29. The van der Waals surface area contributed by atoms with Crippen molar-refractivity contribution in [2.75, 3.05) is 26.2 Å². The zero-order valence-corrected chi connectivity index (χ0v) is 14.5. The lowest BCUT2D eigenvalue weighted by atomic mass is 10.2. The highest BCUT2D eigenvalue weighted by atomic mass is 79.9. The summed E-state index contributed by atoms with van der Waals surface area (Å²) in [6, 6.07) is 8.45. The van der Waals surface area contributed by atoms with Crippen LogP contribution >= 0.6 is 27.5 Å². The van der Waals surface area contributed by atoms with Crippen LogP contribution in [0.5, 0.6) is 0 Å². The van der Waals surface area contributed by atoms with Crippen molar-refractivity contribution in [2.45, 2.75) is 0 Å². The van der Waals surface area contributed by atoms with Gasteiger partial charge in [0.15, 0.2) is 5.76 Å². The van der Waals surface area contributed by atoms with Crippen molar-refractivity contribution in [3.63, 3.8) is 0 Å². The summed E-state index contributed by atoms with van der Waals surface area (Å²) >= 11 is 9.33. The summed E-state index contributed by atoms with van der Waals surface area (Å²) in [4.78, 5) is 28.2. The SMILES string of the molecule is O=C(c1cc(Cl)cc(Br)c1)N1CCN(C(=O)c2ccco2)CC1. The first-order valence-electron chi connectivity index (χ1n) is 7.13. The largest absolute Gasteiger partial charge is 0.459 e. The van der Waals surface area contributed by atoms with Gasteiger partial charge in [-0.3, -0.25) is 9.59 Å². The van der Waals surface area contributed by atoms with Gasteiger partial charge in [-0.2, -0.15) is 0 Å². The minimum absolute atomic E-state index is 0.0849. The fourth-order valence-electron chi connectivity index (χ4n) is 2.53. The molecule has 120 valence electrons. The third-order valence-corrected chi connectivity index (χ3v) is 4.37. The smallest absolute Gasteiger partial charge is 0.289 e. The monoisotopic (exact) mass is 396 g/mol. The molecule has 5 nitrogen and oxygen atoms in total. The van der Waals surface area contributed by atoms with Crippen LogP contribution in [-0.4, -0.2) is 47.8 Å². The molecule has 0 aliphatic carbocycles. The number of nitrogens with zero attached hydrogens (tertiary/aromatic N) is 2. The predicted molar refractivity (Wildman–Crippen MR) is 89.7 cm³/mol. The van der Waals surface area contributed by atoms with E-state index < -0.39 is 0 Å². The van der Waals surface area contributed by atoms with Gasteiger partial charge in [-0.05, 0) is 30.3 Å². The maximum atomic E-state index is 12.5. The zero-order chi connectivity index (χ0) is 16.4. The lowest BCUT2D eigenvalue weighted by molar-refractivity contribution is 0.0518. The summed E-state index contributed by atoms with van der Waals surface area (Å²) in [5.74, 6) is 0.0921. The summed E-state index contributed by atoms with van der Waals surface area (Å²) in [5, 5.41) is 0.509. The van der Waals surface area contributed by atoms with Gasteiger partial charge in [-0.15, -0.1) is 0 Å². The maximum Gasteiger partial charge on any atom is 0.289 e. The van der Waals surface area contributed by atoms with E-state index in [1.165, 1.54) is 6.26 Å². The van der Waals surface area contributed by atoms with E-state index in [-0.39, 0.29) is 11.8 Å². The molecule has 0 radical (unpaired) electrons. The number of hydrogen-bond donors (Lipinski definition) is 0. The number of rotatable bonds is 2. The van der Waals surface area contributed by atoms with E-state index in [1.807, 2.05) is 0 Å². The molecule has 0 bridgehead atoms. The highest BCUT2D eigenvalue weighted by Gasteiger charge is 2.26. The molecule has 1 aromatic heterocycles. The average Bonchev–Trinajstić information content (AvgIpc) is 3.07. The van der Waals surface area contributed by atoms with Crippen molar-refractivity contribution >= 4 is 39.3 Å². The Morgan fingerprint density at radius 1 is 1.04 bits per heavy atom. The zero-order valence-electron chi connectivity index (χ0n) is 12.2. The van der Waals surface area contributed by atoms with Crippen LogP contribution in [-0.2, 0) is 0 Å². The molecule has 1 aliphatic rings. The standard InChI is InChI=1S/C16H14BrClN2O3/c17-12-8-11(9-13(18)10-12)15(21)19-3-5-20(6-4-19)16(22)14-2-1-7-23-14/h1-2,7-10H,3-6H2. The summed E-state index contributed by atoms with van der Waals surface area (Å²) in [5.41, 5.74) is 0.537. The molecule has 1 fully saturated rings. The molecule has 2 aromatic rings. The van der Waals surface area contributed by atoms with Gasteiger partial charge in [0.1, 0.15) is 0 Å². The Morgan fingerprint density at radius 2 is 1.70 bits per heavy atom. The van der Waals surface area contributed by atoms with Gasteiger partial charge in [0.25, 0.3) is 11.8 Å². The van der Waals surface area contributed by atoms with Gasteiger partial charge in [0, 0.05) is 41.2 Å². The highest BCUT2D eigenvalue weighted by molar-refractivity contribution is 9.10. The van der Waals surface area contributed by atoms with E-state index >= 15 is 0 Å². The van der Waals surface area contributed by atoms with Crippen molar-refractivity contribution in [3.8, 4) is 0 Å². The number of amides is 2. The Kier molecular flexibility index (Phi) is 4.73. The second-order valence-electron chi connectivity index (χ2n) is 5.22. The molecule has 0 saturated carbocycles. The number of piperazine rings is 1. The van der Waals surface area contributed by atoms with Crippen LogP contribution in [0, 0.1) is 0 Å². The van der Waals surface area contributed by atoms with E-state index in [0.29, 0.717) is 42.5 Å². The van der Waals surface area contributed by atoms with E-state index in [2.05, 4.69) is 15.9 Å². The Morgan fingerprint density at radius 3 is 2.26 bits per heavy atom. The molecule has 2 heterocycles. The van der Waals surface area contributed by atoms with E-state index in [4.69, 9.17) is 16.0 Å². The fourth-order valence-corrected chi connectivity index (χ4v) is 3.39. The van der Waals surface area contributed by atoms with E-state index in [9.17, 15) is 9.59 Å². The summed E-state index contributed by atoms with van der Waals surface area (Å²) in [6.07, 6.45) is 1.48. The first kappa shape index (κ1) is 16.1. The number of carbonyl (C=O) groups excluding carboxylic acids is 2. The molecular weight excluding hydrogens is 384 g/mol. The van der Waals surface area contributed by atoms with Gasteiger partial charge in [0.2, 0.25) is 0 Å². The Bertz CT molecular complexity index is 705. The molecule has 0 spiro atoms. The minimum atomic E-state index is -0.146. The van der Waals surface area contributed by atoms with Gasteiger partial charge in [-0.25, -0.2) is 0 Å². The van der Waals surface area contributed by atoms with Crippen molar-refractivity contribution < 1.29 is 14.0 Å². The Hall–Kier alpha value is -1.79. The van der Waals surface area contributed by atoms with Crippen LogP contribution in [0.15, 0.2) is 45.5 Å². The normalized spacial score (nSPS) is 14.9. The average molecular weight is 398 g/mol. The van der Waals surface area contributed by atoms with Gasteiger partial charge in [0.05, 0.1) is 6.26 Å². The first-order chi connectivity index (χ1) is 11.0. The Labute approximate surface area is 146 Å². The van der Waals surface area contributed by atoms with Crippen molar-refractivity contribution in [2.24, 2.45) is 0 Å². The van der Waals surface area contributed by atoms with Crippen LogP contribution in [0.2, 0.25) is 5.02 Å². The lowest BCUT2D eigenvalue weighted by Gasteiger charge is -2.34. The first-order valence-corrected chi connectivity index (χ1v) is 8.30. The fraction of sp³-hybridized carbons (Fsp3) is 0.250. The number of furan rings is 1. The molecule has 7 heteroatoms. The maximum absolute atomic E-state index is 12.5. The summed E-state index contributed by atoms with van der Waals surface area (Å²) < 4.78 is 5.89. The molecule has 1 aromatic carbocycles. The molecule has 1 saturated heterocycles. The van der Waals surface area contributed by atoms with Crippen molar-refractivity contribution in [3.05, 3.63) is 57.4 Å². The van der Waals surface area contributed by atoms with E-state index in [0.717, 1.165) is 4.47 Å². The molecule has 2 amide bonds. The minimum Gasteiger partial charge on any atom is -0.459 e. The second-order valence-corrected chi connectivity index (χ2v) is 6.57. The van der Waals surface area contributed by atoms with Gasteiger partial charge >= 0.3 is 0 Å². The third kappa shape index (κ3) is 3.59. The molecule has 1 aliphatic heterocycles. The van der Waals surface area contributed by atoms with Crippen molar-refractivity contribution in [1.82, 2.24) is 9.80 Å². The lowest BCUT2D eigenvalue weighted by Crippen LogP contribution is -2.50. The second kappa shape index (κ2) is 6.76. The van der Waals surface area contributed by atoms with Crippen LogP contribution in [0.1, 0.15) is 20.9 Å². The molecule has 3 rings (SSSR count). The summed E-state index contributed by atoms with van der Waals surface area (Å²) in [7, 11) is 0. The topological polar surface area (TPSA) is 53.8 Å². The van der Waals surface area contributed by atoms with Crippen LogP contribution in [0.25, 0.3) is 0 Å². The number of hydrogen-bond acceptors (Lipinski definition) is 3. The number of benzene rings is 1. The number of halogens is 2. The van der Waals surface area contributed by atoms with Gasteiger partial charge < -0.3 is 14.2 Å². The molecule has 0 unspecified atom stereocenters. The molecule has 0 N–H and O–H groups in total. The van der Waals surface area contributed by atoms with Crippen LogP contribution in [0.4, 0.5) is 0 Å². The van der Waals surface area contributed by atoms with Crippen LogP contribution < -0.4 is 0 Å². The quantitative estimate of drug-likeness (QED) is 0.781. The molecule has 23 heavy (non-hydrogen) atoms.